The van der Waals surface area contributed by atoms with Crippen LogP contribution in [0, 0.1) is 20.8 Å². The van der Waals surface area contributed by atoms with E-state index in [2.05, 4.69) is 68.0 Å². The van der Waals surface area contributed by atoms with Crippen molar-refractivity contribution < 1.29 is 0 Å². The van der Waals surface area contributed by atoms with E-state index in [4.69, 9.17) is 5.10 Å². The zero-order valence-electron chi connectivity index (χ0n) is 13.0. The highest BCUT2D eigenvalue weighted by atomic mass is 15.3. The molecule has 1 heterocycles. The smallest absolute Gasteiger partial charge is 0.0896 e. The van der Waals surface area contributed by atoms with Crippen LogP contribution in [0.2, 0.25) is 0 Å². The lowest BCUT2D eigenvalue weighted by atomic mass is 10.1. The van der Waals surface area contributed by atoms with Crippen molar-refractivity contribution in [3.8, 4) is 0 Å². The molecule has 3 heteroatoms. The van der Waals surface area contributed by atoms with Crippen molar-refractivity contribution in [1.82, 2.24) is 15.1 Å². The molecule has 0 saturated heterocycles. The Morgan fingerprint density at radius 1 is 1.15 bits per heavy atom. The average molecular weight is 271 g/mol. The summed E-state index contributed by atoms with van der Waals surface area (Å²) < 4.78 is 2.17. The lowest BCUT2D eigenvalue weighted by molar-refractivity contribution is 0.469. The first-order chi connectivity index (χ1) is 9.65. The molecule has 0 amide bonds. The van der Waals surface area contributed by atoms with Gasteiger partial charge in [0.15, 0.2) is 0 Å². The van der Waals surface area contributed by atoms with Crippen LogP contribution in [0.3, 0.4) is 0 Å². The van der Waals surface area contributed by atoms with Crippen LogP contribution in [0.4, 0.5) is 0 Å². The van der Waals surface area contributed by atoms with E-state index < -0.39 is 0 Å². The molecule has 0 radical (unpaired) electrons. The number of aryl methyl sites for hydroxylation is 1. The van der Waals surface area contributed by atoms with Gasteiger partial charge in [0, 0.05) is 12.2 Å². The Morgan fingerprint density at radius 3 is 2.40 bits per heavy atom. The van der Waals surface area contributed by atoms with Gasteiger partial charge in [-0.25, -0.2) is 0 Å². The van der Waals surface area contributed by atoms with E-state index in [-0.39, 0.29) is 6.04 Å². The van der Waals surface area contributed by atoms with Gasteiger partial charge in [-0.05, 0) is 44.9 Å². The van der Waals surface area contributed by atoms with Crippen molar-refractivity contribution in [1.29, 1.82) is 0 Å². The van der Waals surface area contributed by atoms with Crippen molar-refractivity contribution >= 4 is 0 Å². The van der Waals surface area contributed by atoms with Crippen LogP contribution >= 0.6 is 0 Å². The summed E-state index contributed by atoms with van der Waals surface area (Å²) in [4.78, 5) is 0. The SMILES string of the molecule is CCCNCC(c1ccccc1)n1nc(C)c(C)c1C. The maximum Gasteiger partial charge on any atom is 0.0896 e. The highest BCUT2D eigenvalue weighted by molar-refractivity contribution is 5.27. The van der Waals surface area contributed by atoms with Gasteiger partial charge in [0.25, 0.3) is 0 Å². The molecule has 0 saturated carbocycles. The molecule has 1 unspecified atom stereocenters. The third-order valence-corrected chi connectivity index (χ3v) is 3.93. The molecular formula is C17H25N3. The van der Waals surface area contributed by atoms with E-state index in [0.29, 0.717) is 0 Å². The molecule has 1 aromatic heterocycles. The molecule has 0 aliphatic rings. The average Bonchev–Trinajstić information content (AvgIpc) is 2.72. The maximum absolute atomic E-state index is 4.74. The topological polar surface area (TPSA) is 29.9 Å². The number of benzene rings is 1. The predicted molar refractivity (Wildman–Crippen MR) is 84.2 cm³/mol. The van der Waals surface area contributed by atoms with E-state index in [0.717, 1.165) is 25.2 Å². The molecule has 0 spiro atoms. The van der Waals surface area contributed by atoms with Crippen LogP contribution in [-0.4, -0.2) is 22.9 Å². The molecule has 3 nitrogen and oxygen atoms in total. The monoisotopic (exact) mass is 271 g/mol. The lowest BCUT2D eigenvalue weighted by Crippen LogP contribution is -2.28. The summed E-state index contributed by atoms with van der Waals surface area (Å²) in [7, 11) is 0. The molecule has 0 aliphatic heterocycles. The summed E-state index contributed by atoms with van der Waals surface area (Å²) in [6.45, 7) is 10.5. The van der Waals surface area contributed by atoms with Gasteiger partial charge in [-0.3, -0.25) is 4.68 Å². The highest BCUT2D eigenvalue weighted by Gasteiger charge is 2.18. The third-order valence-electron chi connectivity index (χ3n) is 3.93. The minimum atomic E-state index is 0.259. The fourth-order valence-corrected chi connectivity index (χ4v) is 2.48. The molecule has 2 aromatic rings. The van der Waals surface area contributed by atoms with Gasteiger partial charge in [-0.1, -0.05) is 37.3 Å². The van der Waals surface area contributed by atoms with E-state index >= 15 is 0 Å². The Labute approximate surface area is 122 Å². The molecule has 0 aliphatic carbocycles. The van der Waals surface area contributed by atoms with Crippen molar-refractivity contribution in [2.24, 2.45) is 0 Å². The standard InChI is InChI=1S/C17H25N3/c1-5-11-18-12-17(16-9-7-6-8-10-16)20-15(4)13(2)14(3)19-20/h6-10,17-18H,5,11-12H2,1-4H3. The first-order valence-corrected chi connectivity index (χ1v) is 7.43. The molecule has 0 bridgehead atoms. The second-order valence-corrected chi connectivity index (χ2v) is 5.37. The van der Waals surface area contributed by atoms with Crippen molar-refractivity contribution in [2.75, 3.05) is 13.1 Å². The van der Waals surface area contributed by atoms with Gasteiger partial charge in [0.1, 0.15) is 0 Å². The Balaban J connectivity index is 2.33. The number of aromatic nitrogens is 2. The Morgan fingerprint density at radius 2 is 1.85 bits per heavy atom. The zero-order valence-corrected chi connectivity index (χ0v) is 13.0. The molecule has 0 fully saturated rings. The van der Waals surface area contributed by atoms with Crippen LogP contribution in [0.5, 0.6) is 0 Å². The summed E-state index contributed by atoms with van der Waals surface area (Å²) >= 11 is 0. The zero-order chi connectivity index (χ0) is 14.5. The number of nitrogens with zero attached hydrogens (tertiary/aromatic N) is 2. The van der Waals surface area contributed by atoms with Crippen molar-refractivity contribution in [2.45, 2.75) is 40.2 Å². The molecule has 1 atom stereocenters. The fourth-order valence-electron chi connectivity index (χ4n) is 2.48. The predicted octanol–water partition coefficient (Wildman–Crippen LogP) is 3.40. The summed E-state index contributed by atoms with van der Waals surface area (Å²) in [5.74, 6) is 0. The minimum absolute atomic E-state index is 0.259. The van der Waals surface area contributed by atoms with Gasteiger partial charge in [-0.15, -0.1) is 0 Å². The number of hydrogen-bond donors (Lipinski definition) is 1. The largest absolute Gasteiger partial charge is 0.314 e. The van der Waals surface area contributed by atoms with Crippen LogP contribution in [-0.2, 0) is 0 Å². The fraction of sp³-hybridized carbons (Fsp3) is 0.471. The van der Waals surface area contributed by atoms with Gasteiger partial charge < -0.3 is 5.32 Å². The van der Waals surface area contributed by atoms with Gasteiger partial charge >= 0.3 is 0 Å². The maximum atomic E-state index is 4.74. The van der Waals surface area contributed by atoms with E-state index in [9.17, 15) is 0 Å². The van der Waals surface area contributed by atoms with Gasteiger partial charge in [-0.2, -0.15) is 5.10 Å². The molecule has 108 valence electrons. The Kier molecular flexibility index (Phi) is 4.96. The summed E-state index contributed by atoms with van der Waals surface area (Å²) in [6.07, 6.45) is 1.15. The van der Waals surface area contributed by atoms with Crippen LogP contribution in [0.1, 0.15) is 41.9 Å². The highest BCUT2D eigenvalue weighted by Crippen LogP contribution is 2.22. The van der Waals surface area contributed by atoms with Crippen LogP contribution in [0.25, 0.3) is 0 Å². The van der Waals surface area contributed by atoms with Crippen LogP contribution in [0.15, 0.2) is 30.3 Å². The number of nitrogens with one attached hydrogen (secondary N) is 1. The Hall–Kier alpha value is -1.61. The minimum Gasteiger partial charge on any atom is -0.314 e. The first-order valence-electron chi connectivity index (χ1n) is 7.43. The number of rotatable bonds is 6. The normalized spacial score (nSPS) is 12.6. The first kappa shape index (κ1) is 14.8. The van der Waals surface area contributed by atoms with E-state index in [1.54, 1.807) is 0 Å². The quantitative estimate of drug-likeness (QED) is 0.816. The van der Waals surface area contributed by atoms with Crippen molar-refractivity contribution in [3.05, 3.63) is 52.8 Å². The summed E-state index contributed by atoms with van der Waals surface area (Å²) in [5.41, 5.74) is 4.98. The van der Waals surface area contributed by atoms with E-state index in [1.807, 2.05) is 0 Å². The van der Waals surface area contributed by atoms with Crippen molar-refractivity contribution in [3.63, 3.8) is 0 Å². The molecular weight excluding hydrogens is 246 g/mol. The summed E-state index contributed by atoms with van der Waals surface area (Å²) in [6, 6.07) is 10.9. The number of hydrogen-bond acceptors (Lipinski definition) is 2. The van der Waals surface area contributed by atoms with Crippen LogP contribution < -0.4 is 5.32 Å². The van der Waals surface area contributed by atoms with Gasteiger partial charge in [0.2, 0.25) is 0 Å². The second-order valence-electron chi connectivity index (χ2n) is 5.37. The summed E-state index contributed by atoms with van der Waals surface area (Å²) in [5, 5.41) is 8.27. The Bertz CT molecular complexity index is 543. The van der Waals surface area contributed by atoms with Gasteiger partial charge in [0.05, 0.1) is 11.7 Å². The van der Waals surface area contributed by atoms with E-state index in [1.165, 1.54) is 16.8 Å². The second kappa shape index (κ2) is 6.71. The lowest BCUT2D eigenvalue weighted by Gasteiger charge is -2.20. The molecule has 20 heavy (non-hydrogen) atoms. The molecule has 1 aromatic carbocycles. The molecule has 1 N–H and O–H groups in total. The molecule has 2 rings (SSSR count). The third kappa shape index (κ3) is 3.10.